The number of hydrogen-bond donors (Lipinski definition) is 0. The summed E-state index contributed by atoms with van der Waals surface area (Å²) in [6, 6.07) is 9.54. The topological polar surface area (TPSA) is 52.8 Å². The Bertz CT molecular complexity index is 574. The molecule has 4 nitrogen and oxygen atoms in total. The molecule has 0 saturated carbocycles. The van der Waals surface area contributed by atoms with Gasteiger partial charge >= 0.3 is 0 Å². The number of aromatic nitrogens is 2. The Kier molecular flexibility index (Phi) is 3.75. The molecular weight excluding hydrogens is 248 g/mol. The standard InChI is InChI=1S/C13H11ClN4/c1-18(9-11-7-17-13(14)8-16-11)12-4-2-3-10(5-12)6-15/h2-5,7-8H,9H2,1H3. The number of halogens is 1. The van der Waals surface area contributed by atoms with Gasteiger partial charge in [0.2, 0.25) is 0 Å². The second kappa shape index (κ2) is 5.48. The minimum Gasteiger partial charge on any atom is -0.369 e. The lowest BCUT2D eigenvalue weighted by Gasteiger charge is -2.18. The molecule has 18 heavy (non-hydrogen) atoms. The molecule has 0 amide bonds. The van der Waals surface area contributed by atoms with Crippen LogP contribution in [0.25, 0.3) is 0 Å². The molecule has 1 aromatic heterocycles. The highest BCUT2D eigenvalue weighted by atomic mass is 35.5. The van der Waals surface area contributed by atoms with Gasteiger partial charge < -0.3 is 4.90 Å². The second-order valence-electron chi connectivity index (χ2n) is 3.85. The van der Waals surface area contributed by atoms with E-state index in [1.165, 1.54) is 6.20 Å². The zero-order valence-corrected chi connectivity index (χ0v) is 10.6. The maximum Gasteiger partial charge on any atom is 0.147 e. The number of nitriles is 1. The predicted molar refractivity (Wildman–Crippen MR) is 70.3 cm³/mol. The number of rotatable bonds is 3. The first-order valence-electron chi connectivity index (χ1n) is 5.37. The number of hydrogen-bond acceptors (Lipinski definition) is 4. The second-order valence-corrected chi connectivity index (χ2v) is 4.24. The van der Waals surface area contributed by atoms with Gasteiger partial charge in [0.1, 0.15) is 5.15 Å². The molecule has 1 heterocycles. The van der Waals surface area contributed by atoms with Gasteiger partial charge in [-0.25, -0.2) is 4.98 Å². The van der Waals surface area contributed by atoms with Crippen molar-refractivity contribution >= 4 is 17.3 Å². The average molecular weight is 259 g/mol. The van der Waals surface area contributed by atoms with Crippen molar-refractivity contribution < 1.29 is 0 Å². The SMILES string of the molecule is CN(Cc1cnc(Cl)cn1)c1cccc(C#N)c1. The molecule has 0 radical (unpaired) electrons. The van der Waals surface area contributed by atoms with E-state index < -0.39 is 0 Å². The summed E-state index contributed by atoms with van der Waals surface area (Å²) in [6.45, 7) is 0.610. The van der Waals surface area contributed by atoms with Crippen molar-refractivity contribution in [3.8, 4) is 6.07 Å². The molecule has 0 bridgehead atoms. The van der Waals surface area contributed by atoms with E-state index in [-0.39, 0.29) is 0 Å². The molecule has 1 aromatic carbocycles. The van der Waals surface area contributed by atoms with Gasteiger partial charge in [0.25, 0.3) is 0 Å². The average Bonchev–Trinajstić information content (AvgIpc) is 2.41. The molecule has 0 aliphatic rings. The van der Waals surface area contributed by atoms with E-state index in [0.717, 1.165) is 11.4 Å². The van der Waals surface area contributed by atoms with Crippen LogP contribution in [0, 0.1) is 11.3 Å². The van der Waals surface area contributed by atoms with Crippen molar-refractivity contribution in [3.63, 3.8) is 0 Å². The molecule has 0 atom stereocenters. The zero-order valence-electron chi connectivity index (χ0n) is 9.84. The van der Waals surface area contributed by atoms with Crippen LogP contribution in [0.2, 0.25) is 5.15 Å². The quantitative estimate of drug-likeness (QED) is 0.849. The van der Waals surface area contributed by atoms with Crippen LogP contribution in [-0.4, -0.2) is 17.0 Å². The highest BCUT2D eigenvalue weighted by Crippen LogP contribution is 2.16. The van der Waals surface area contributed by atoms with Gasteiger partial charge in [-0.2, -0.15) is 5.26 Å². The van der Waals surface area contributed by atoms with Gasteiger partial charge in [-0.15, -0.1) is 0 Å². The van der Waals surface area contributed by atoms with E-state index in [2.05, 4.69) is 16.0 Å². The molecular formula is C13H11ClN4. The summed E-state index contributed by atoms with van der Waals surface area (Å²) in [5.41, 5.74) is 2.43. The Morgan fingerprint density at radius 1 is 1.33 bits per heavy atom. The van der Waals surface area contributed by atoms with Crippen LogP contribution in [0.3, 0.4) is 0 Å². The van der Waals surface area contributed by atoms with Crippen molar-refractivity contribution in [2.45, 2.75) is 6.54 Å². The van der Waals surface area contributed by atoms with Crippen LogP contribution in [0.1, 0.15) is 11.3 Å². The zero-order chi connectivity index (χ0) is 13.0. The van der Waals surface area contributed by atoms with Crippen molar-refractivity contribution in [3.05, 3.63) is 53.1 Å². The summed E-state index contributed by atoms with van der Waals surface area (Å²) >= 11 is 5.68. The largest absolute Gasteiger partial charge is 0.369 e. The van der Waals surface area contributed by atoms with Gasteiger partial charge in [0.05, 0.1) is 36.3 Å². The van der Waals surface area contributed by atoms with E-state index in [4.69, 9.17) is 16.9 Å². The third kappa shape index (κ3) is 2.96. The molecule has 0 aliphatic carbocycles. The summed E-state index contributed by atoms with van der Waals surface area (Å²) in [4.78, 5) is 10.2. The first-order chi connectivity index (χ1) is 8.69. The van der Waals surface area contributed by atoms with Gasteiger partial charge in [-0.05, 0) is 18.2 Å². The fourth-order valence-corrected chi connectivity index (χ4v) is 1.67. The van der Waals surface area contributed by atoms with Gasteiger partial charge in [-0.3, -0.25) is 4.98 Å². The molecule has 0 N–H and O–H groups in total. The van der Waals surface area contributed by atoms with E-state index in [1.807, 2.05) is 30.1 Å². The smallest absolute Gasteiger partial charge is 0.147 e. The number of benzene rings is 1. The predicted octanol–water partition coefficient (Wildman–Crippen LogP) is 2.64. The van der Waals surface area contributed by atoms with Crippen LogP contribution >= 0.6 is 11.6 Å². The van der Waals surface area contributed by atoms with Crippen molar-refractivity contribution in [1.82, 2.24) is 9.97 Å². The summed E-state index contributed by atoms with van der Waals surface area (Å²) in [5.74, 6) is 0. The van der Waals surface area contributed by atoms with Crippen molar-refractivity contribution in [2.24, 2.45) is 0 Å². The van der Waals surface area contributed by atoms with Crippen molar-refractivity contribution in [2.75, 3.05) is 11.9 Å². The summed E-state index contributed by atoms with van der Waals surface area (Å²) < 4.78 is 0. The molecule has 0 aliphatic heterocycles. The lowest BCUT2D eigenvalue weighted by atomic mass is 10.2. The first kappa shape index (κ1) is 12.3. The normalized spacial score (nSPS) is 9.83. The van der Waals surface area contributed by atoms with Crippen LogP contribution in [0.4, 0.5) is 5.69 Å². The van der Waals surface area contributed by atoms with Crippen LogP contribution < -0.4 is 4.90 Å². The Morgan fingerprint density at radius 2 is 2.17 bits per heavy atom. The molecule has 0 spiro atoms. The van der Waals surface area contributed by atoms with Crippen LogP contribution in [0.5, 0.6) is 0 Å². The van der Waals surface area contributed by atoms with Gasteiger partial charge in [-0.1, -0.05) is 17.7 Å². The molecule has 0 unspecified atom stereocenters. The molecule has 2 aromatic rings. The molecule has 5 heteroatoms. The number of anilines is 1. The lowest BCUT2D eigenvalue weighted by molar-refractivity contribution is 0.873. The Balaban J connectivity index is 2.14. The maximum atomic E-state index is 8.86. The first-order valence-corrected chi connectivity index (χ1v) is 5.74. The van der Waals surface area contributed by atoms with E-state index in [9.17, 15) is 0 Å². The highest BCUT2D eigenvalue weighted by molar-refractivity contribution is 6.29. The minimum atomic E-state index is 0.382. The third-order valence-corrected chi connectivity index (χ3v) is 2.68. The highest BCUT2D eigenvalue weighted by Gasteiger charge is 2.04. The van der Waals surface area contributed by atoms with Crippen LogP contribution in [0.15, 0.2) is 36.7 Å². The fraction of sp³-hybridized carbons (Fsp3) is 0.154. The Morgan fingerprint density at radius 3 is 2.83 bits per heavy atom. The third-order valence-electron chi connectivity index (χ3n) is 2.49. The lowest BCUT2D eigenvalue weighted by Crippen LogP contribution is -2.17. The van der Waals surface area contributed by atoms with E-state index >= 15 is 0 Å². The van der Waals surface area contributed by atoms with Gasteiger partial charge in [0, 0.05) is 12.7 Å². The molecule has 0 saturated heterocycles. The maximum absolute atomic E-state index is 8.86. The van der Waals surface area contributed by atoms with Gasteiger partial charge in [0.15, 0.2) is 0 Å². The van der Waals surface area contributed by atoms with E-state index in [1.54, 1.807) is 12.3 Å². The molecule has 90 valence electrons. The monoisotopic (exact) mass is 258 g/mol. The van der Waals surface area contributed by atoms with Crippen molar-refractivity contribution in [1.29, 1.82) is 5.26 Å². The van der Waals surface area contributed by atoms with E-state index in [0.29, 0.717) is 17.3 Å². The molecule has 2 rings (SSSR count). The summed E-state index contributed by atoms with van der Waals surface area (Å²) in [7, 11) is 1.94. The fourth-order valence-electron chi connectivity index (χ4n) is 1.57. The Labute approximate surface area is 110 Å². The summed E-state index contributed by atoms with van der Waals surface area (Å²) in [6.07, 6.45) is 3.17. The minimum absolute atomic E-state index is 0.382. The number of nitrogens with zero attached hydrogens (tertiary/aromatic N) is 4. The molecule has 0 fully saturated rings. The Hall–Kier alpha value is -2.12. The summed E-state index contributed by atoms with van der Waals surface area (Å²) in [5, 5.41) is 9.24. The van der Waals surface area contributed by atoms with Crippen LogP contribution in [-0.2, 0) is 6.54 Å².